The van der Waals surface area contributed by atoms with Gasteiger partial charge in [0.15, 0.2) is 11.5 Å². The van der Waals surface area contributed by atoms with Crippen LogP contribution in [0.4, 0.5) is 0 Å². The van der Waals surface area contributed by atoms with Gasteiger partial charge in [-0.05, 0) is 70.2 Å². The molecule has 3 aromatic rings. The highest BCUT2D eigenvalue weighted by Crippen LogP contribution is 2.37. The van der Waals surface area contributed by atoms with E-state index in [9.17, 15) is 5.11 Å². The van der Waals surface area contributed by atoms with Crippen LogP contribution in [-0.4, -0.2) is 58.3 Å². The molecule has 1 aliphatic carbocycles. The van der Waals surface area contributed by atoms with Crippen LogP contribution in [0.5, 0.6) is 17.4 Å². The first-order valence-corrected chi connectivity index (χ1v) is 13.3. The Labute approximate surface area is 221 Å². The lowest BCUT2D eigenvalue weighted by molar-refractivity contribution is -0.0569. The Morgan fingerprint density at radius 1 is 1.05 bits per heavy atom. The van der Waals surface area contributed by atoms with Crippen LogP contribution < -0.4 is 9.47 Å². The lowest BCUT2D eigenvalue weighted by Crippen LogP contribution is -2.37. The van der Waals surface area contributed by atoms with Gasteiger partial charge < -0.3 is 19.3 Å². The molecular formula is C30H41N3O4. The fourth-order valence-electron chi connectivity index (χ4n) is 4.37. The monoisotopic (exact) mass is 507 g/mol. The van der Waals surface area contributed by atoms with Gasteiger partial charge in [0, 0.05) is 19.6 Å². The maximum Gasteiger partial charge on any atom is 0.227 e. The minimum Gasteiger partial charge on any atom is -0.493 e. The van der Waals surface area contributed by atoms with Crippen LogP contribution in [0.1, 0.15) is 51.8 Å². The highest BCUT2D eigenvalue weighted by Gasteiger charge is 2.29. The largest absolute Gasteiger partial charge is 0.493 e. The number of nitrogens with zero attached hydrogens (tertiary/aromatic N) is 3. The van der Waals surface area contributed by atoms with Crippen LogP contribution in [0, 0.1) is 5.92 Å². The molecule has 1 fully saturated rings. The topological polar surface area (TPSA) is 69.0 Å². The van der Waals surface area contributed by atoms with Crippen molar-refractivity contribution in [2.75, 3.05) is 26.8 Å². The molecule has 0 spiro atoms. The molecule has 0 aliphatic heterocycles. The molecule has 1 aliphatic rings. The maximum absolute atomic E-state index is 10.8. The van der Waals surface area contributed by atoms with E-state index in [2.05, 4.69) is 11.8 Å². The lowest BCUT2D eigenvalue weighted by Gasteiger charge is -2.27. The number of aliphatic hydroxyl groups is 1. The van der Waals surface area contributed by atoms with Crippen LogP contribution in [0.15, 0.2) is 54.6 Å². The van der Waals surface area contributed by atoms with E-state index in [-0.39, 0.29) is 5.60 Å². The molecule has 200 valence electrons. The Kier molecular flexibility index (Phi) is 8.90. The van der Waals surface area contributed by atoms with Crippen LogP contribution in [-0.2, 0) is 17.7 Å². The van der Waals surface area contributed by atoms with Crippen molar-refractivity contribution in [3.05, 3.63) is 65.9 Å². The van der Waals surface area contributed by atoms with Crippen molar-refractivity contribution in [1.82, 2.24) is 14.7 Å². The third-order valence-electron chi connectivity index (χ3n) is 6.40. The molecule has 7 nitrogen and oxygen atoms in total. The van der Waals surface area contributed by atoms with E-state index in [0.29, 0.717) is 43.0 Å². The molecular weight excluding hydrogens is 466 g/mol. The van der Waals surface area contributed by atoms with Gasteiger partial charge in [-0.2, -0.15) is 5.10 Å². The smallest absolute Gasteiger partial charge is 0.227 e. The van der Waals surface area contributed by atoms with Gasteiger partial charge in [0.25, 0.3) is 0 Å². The third-order valence-corrected chi connectivity index (χ3v) is 6.40. The average molecular weight is 508 g/mol. The first-order valence-electron chi connectivity index (χ1n) is 13.3. The number of hydrogen-bond acceptors (Lipinski definition) is 6. The van der Waals surface area contributed by atoms with E-state index in [1.807, 2.05) is 80.1 Å². The Bertz CT molecular complexity index is 1140. The van der Waals surface area contributed by atoms with Crippen LogP contribution >= 0.6 is 0 Å². The van der Waals surface area contributed by atoms with Crippen molar-refractivity contribution in [2.24, 2.45) is 5.92 Å². The van der Waals surface area contributed by atoms with Gasteiger partial charge in [-0.1, -0.05) is 37.3 Å². The van der Waals surface area contributed by atoms with Crippen molar-refractivity contribution in [3.63, 3.8) is 0 Å². The number of ether oxygens (including phenoxy) is 3. The standard InChI is InChI=1S/C30H41N3O4/c1-6-26-25(20-32(18-22-16-17-22)19-24(34)21-36-30(2,3)4)29(33(31-26)23-12-8-7-9-13-23)37-28-15-11-10-14-27(28)35-5/h7-15,22,24,34H,6,16-21H2,1-5H3. The van der Waals surface area contributed by atoms with E-state index >= 15 is 0 Å². The molecule has 2 aromatic carbocycles. The van der Waals surface area contributed by atoms with Crippen LogP contribution in [0.2, 0.25) is 0 Å². The van der Waals surface area contributed by atoms with Gasteiger partial charge in [-0.25, -0.2) is 4.68 Å². The SMILES string of the molecule is CCc1nn(-c2ccccc2)c(Oc2ccccc2OC)c1CN(CC(O)COC(C)(C)C)CC1CC1. The number of aliphatic hydroxyl groups excluding tert-OH is 1. The fraction of sp³-hybridized carbons (Fsp3) is 0.500. The summed E-state index contributed by atoms with van der Waals surface area (Å²) in [6, 6.07) is 17.7. The number of para-hydroxylation sites is 3. The van der Waals surface area contributed by atoms with E-state index in [4.69, 9.17) is 19.3 Å². The molecule has 1 atom stereocenters. The van der Waals surface area contributed by atoms with Crippen molar-refractivity contribution in [3.8, 4) is 23.1 Å². The molecule has 1 saturated carbocycles. The predicted octanol–water partition coefficient (Wildman–Crippen LogP) is 5.62. The first-order chi connectivity index (χ1) is 17.8. The Hall–Kier alpha value is -2.87. The van der Waals surface area contributed by atoms with Crippen molar-refractivity contribution < 1.29 is 19.3 Å². The van der Waals surface area contributed by atoms with Crippen LogP contribution in [0.3, 0.4) is 0 Å². The summed E-state index contributed by atoms with van der Waals surface area (Å²) in [7, 11) is 1.65. The number of aromatic nitrogens is 2. The highest BCUT2D eigenvalue weighted by molar-refractivity contribution is 5.47. The van der Waals surface area contributed by atoms with Crippen molar-refractivity contribution >= 4 is 0 Å². The van der Waals surface area contributed by atoms with E-state index in [1.54, 1.807) is 7.11 Å². The van der Waals surface area contributed by atoms with Crippen molar-refractivity contribution in [1.29, 1.82) is 0 Å². The second-order valence-corrected chi connectivity index (χ2v) is 10.8. The Morgan fingerprint density at radius 2 is 1.73 bits per heavy atom. The molecule has 0 amide bonds. The summed E-state index contributed by atoms with van der Waals surface area (Å²) in [5.74, 6) is 2.65. The second-order valence-electron chi connectivity index (χ2n) is 10.8. The molecule has 1 aromatic heterocycles. The summed E-state index contributed by atoms with van der Waals surface area (Å²) in [5.41, 5.74) is 2.65. The zero-order valence-electron chi connectivity index (χ0n) is 22.8. The molecule has 0 radical (unpaired) electrons. The molecule has 1 N–H and O–H groups in total. The van der Waals surface area contributed by atoms with Gasteiger partial charge >= 0.3 is 0 Å². The first kappa shape index (κ1) is 27.2. The molecule has 0 saturated heterocycles. The normalized spacial score (nSPS) is 14.7. The molecule has 0 bridgehead atoms. The average Bonchev–Trinajstić information content (AvgIpc) is 3.64. The number of benzene rings is 2. The number of methoxy groups -OCH3 is 1. The van der Waals surface area contributed by atoms with Gasteiger partial charge in [-0.15, -0.1) is 0 Å². The van der Waals surface area contributed by atoms with Gasteiger partial charge in [-0.3, -0.25) is 4.90 Å². The zero-order chi connectivity index (χ0) is 26.4. The summed E-state index contributed by atoms with van der Waals surface area (Å²) in [5, 5.41) is 15.8. The predicted molar refractivity (Wildman–Crippen MR) is 146 cm³/mol. The van der Waals surface area contributed by atoms with E-state index in [1.165, 1.54) is 12.8 Å². The minimum absolute atomic E-state index is 0.287. The van der Waals surface area contributed by atoms with Crippen molar-refractivity contribution in [2.45, 2.75) is 65.2 Å². The summed E-state index contributed by atoms with van der Waals surface area (Å²) in [6.45, 7) is 10.5. The van der Waals surface area contributed by atoms with E-state index < -0.39 is 6.10 Å². The lowest BCUT2D eigenvalue weighted by atomic mass is 10.1. The molecule has 1 unspecified atom stereocenters. The molecule has 37 heavy (non-hydrogen) atoms. The van der Waals surface area contributed by atoms with Gasteiger partial charge in [0.05, 0.1) is 42.4 Å². The maximum atomic E-state index is 10.8. The highest BCUT2D eigenvalue weighted by atomic mass is 16.5. The fourth-order valence-corrected chi connectivity index (χ4v) is 4.37. The number of hydrogen-bond donors (Lipinski definition) is 1. The number of rotatable bonds is 13. The van der Waals surface area contributed by atoms with Gasteiger partial charge in [0.1, 0.15) is 0 Å². The van der Waals surface area contributed by atoms with Gasteiger partial charge in [0.2, 0.25) is 5.88 Å². The Balaban J connectivity index is 1.68. The molecule has 4 rings (SSSR count). The molecule has 1 heterocycles. The van der Waals surface area contributed by atoms with E-state index in [0.717, 1.165) is 29.9 Å². The number of aryl methyl sites for hydroxylation is 1. The third kappa shape index (κ3) is 7.57. The molecule has 7 heteroatoms. The Morgan fingerprint density at radius 3 is 2.35 bits per heavy atom. The minimum atomic E-state index is -0.578. The summed E-state index contributed by atoms with van der Waals surface area (Å²) in [6.07, 6.45) is 2.66. The van der Waals surface area contributed by atoms with Crippen LogP contribution in [0.25, 0.3) is 5.69 Å². The summed E-state index contributed by atoms with van der Waals surface area (Å²) in [4.78, 5) is 2.33. The second kappa shape index (κ2) is 12.1. The summed E-state index contributed by atoms with van der Waals surface area (Å²) < 4.78 is 19.9. The quantitative estimate of drug-likeness (QED) is 0.324. The summed E-state index contributed by atoms with van der Waals surface area (Å²) >= 11 is 0. The zero-order valence-corrected chi connectivity index (χ0v) is 22.8.